The van der Waals surface area contributed by atoms with Crippen molar-refractivity contribution < 1.29 is 9.26 Å². The molecule has 0 amide bonds. The molecule has 0 aliphatic heterocycles. The molecule has 112 valence electrons. The third-order valence-corrected chi connectivity index (χ3v) is 4.84. The zero-order valence-electron chi connectivity index (χ0n) is 12.4. The minimum absolute atomic E-state index is 0.354. The quantitative estimate of drug-likeness (QED) is 0.858. The minimum atomic E-state index is -0.386. The molecule has 0 saturated heterocycles. The smallest absolute Gasteiger partial charge is 0.246 e. The predicted molar refractivity (Wildman–Crippen MR) is 75.0 cm³/mol. The first kappa shape index (κ1) is 14.0. The molecule has 0 aromatic carbocycles. The van der Waals surface area contributed by atoms with Crippen molar-refractivity contribution in [1.29, 1.82) is 0 Å². The van der Waals surface area contributed by atoms with Crippen molar-refractivity contribution in [3.05, 3.63) is 11.7 Å². The Morgan fingerprint density at radius 1 is 1.10 bits per heavy atom. The Morgan fingerprint density at radius 3 is 2.35 bits per heavy atom. The summed E-state index contributed by atoms with van der Waals surface area (Å²) in [5, 5.41) is 4.23. The summed E-state index contributed by atoms with van der Waals surface area (Å²) in [6, 6.07) is 0. The number of hydrogen-bond donors (Lipinski definition) is 1. The van der Waals surface area contributed by atoms with Crippen LogP contribution >= 0.6 is 0 Å². The van der Waals surface area contributed by atoms with Crippen LogP contribution in [0.4, 0.5) is 0 Å². The van der Waals surface area contributed by atoms with Gasteiger partial charge in [-0.3, -0.25) is 0 Å². The summed E-state index contributed by atoms with van der Waals surface area (Å²) in [7, 11) is 0. The van der Waals surface area contributed by atoms with Crippen LogP contribution in [0.15, 0.2) is 4.52 Å². The summed E-state index contributed by atoms with van der Waals surface area (Å²) in [4.78, 5) is 4.63. The van der Waals surface area contributed by atoms with E-state index in [1.807, 2.05) is 6.92 Å². The molecule has 2 saturated carbocycles. The summed E-state index contributed by atoms with van der Waals surface area (Å²) >= 11 is 0. The predicted octanol–water partition coefficient (Wildman–Crippen LogP) is 2.99. The highest BCUT2D eigenvalue weighted by atomic mass is 16.5. The van der Waals surface area contributed by atoms with E-state index in [0.717, 1.165) is 44.9 Å². The maximum absolute atomic E-state index is 6.28. The first-order valence-corrected chi connectivity index (χ1v) is 7.96. The highest BCUT2D eigenvalue weighted by Gasteiger charge is 2.43. The summed E-state index contributed by atoms with van der Waals surface area (Å²) in [5.74, 6) is 1.31. The fraction of sp³-hybridized carbons (Fsp3) is 0.867. The Bertz CT molecular complexity index is 446. The van der Waals surface area contributed by atoms with E-state index in [-0.39, 0.29) is 11.1 Å². The molecule has 0 spiro atoms. The fourth-order valence-electron chi connectivity index (χ4n) is 3.39. The molecule has 0 atom stereocenters. The Kier molecular flexibility index (Phi) is 3.82. The lowest BCUT2D eigenvalue weighted by molar-refractivity contribution is -0.0636. The highest BCUT2D eigenvalue weighted by Crippen LogP contribution is 2.41. The van der Waals surface area contributed by atoms with E-state index in [4.69, 9.17) is 15.0 Å². The van der Waals surface area contributed by atoms with E-state index in [2.05, 4.69) is 10.1 Å². The molecule has 2 aliphatic rings. The van der Waals surface area contributed by atoms with E-state index in [1.165, 1.54) is 12.8 Å². The lowest BCUT2D eigenvalue weighted by Crippen LogP contribution is -2.43. The normalized spacial score (nSPS) is 24.9. The number of nitrogens with two attached hydrogens (primary N) is 1. The van der Waals surface area contributed by atoms with Crippen LogP contribution in [0.3, 0.4) is 0 Å². The van der Waals surface area contributed by atoms with Gasteiger partial charge in [-0.15, -0.1) is 0 Å². The van der Waals surface area contributed by atoms with Gasteiger partial charge in [-0.05, 0) is 39.0 Å². The molecule has 2 aliphatic carbocycles. The summed E-state index contributed by atoms with van der Waals surface area (Å²) in [5.41, 5.74) is 5.54. The average molecular weight is 279 g/mol. The van der Waals surface area contributed by atoms with Gasteiger partial charge in [0.15, 0.2) is 0 Å². The van der Waals surface area contributed by atoms with Gasteiger partial charge in [-0.25, -0.2) is 0 Å². The Morgan fingerprint density at radius 2 is 1.80 bits per heavy atom. The summed E-state index contributed by atoms with van der Waals surface area (Å²) in [6.07, 6.45) is 9.85. The van der Waals surface area contributed by atoms with E-state index in [0.29, 0.717) is 18.3 Å². The van der Waals surface area contributed by atoms with E-state index >= 15 is 0 Å². The second-order valence-electron chi connectivity index (χ2n) is 6.27. The van der Waals surface area contributed by atoms with Gasteiger partial charge in [0.2, 0.25) is 11.7 Å². The van der Waals surface area contributed by atoms with Gasteiger partial charge >= 0.3 is 0 Å². The monoisotopic (exact) mass is 279 g/mol. The van der Waals surface area contributed by atoms with Crippen molar-refractivity contribution in [1.82, 2.24) is 10.1 Å². The second-order valence-corrected chi connectivity index (χ2v) is 6.27. The standard InChI is InChI=1S/C15H25N3O2/c1-2-19-15(10-5-3-4-6-11-15)12-17-13(20-18-12)14(16)8-7-9-14/h2-11,16H2,1H3. The zero-order valence-corrected chi connectivity index (χ0v) is 12.4. The third-order valence-electron chi connectivity index (χ3n) is 4.84. The van der Waals surface area contributed by atoms with Gasteiger partial charge in [0, 0.05) is 6.61 Å². The Hall–Kier alpha value is -0.940. The molecule has 2 N–H and O–H groups in total. The number of nitrogens with zero attached hydrogens (tertiary/aromatic N) is 2. The van der Waals surface area contributed by atoms with Crippen molar-refractivity contribution in [3.63, 3.8) is 0 Å². The van der Waals surface area contributed by atoms with Crippen molar-refractivity contribution >= 4 is 0 Å². The molecule has 2 fully saturated rings. The zero-order chi connectivity index (χ0) is 14.1. The second kappa shape index (κ2) is 5.45. The Labute approximate surface area is 120 Å². The summed E-state index contributed by atoms with van der Waals surface area (Å²) < 4.78 is 11.6. The van der Waals surface area contributed by atoms with Crippen LogP contribution in [-0.2, 0) is 15.9 Å². The molecule has 0 unspecified atom stereocenters. The van der Waals surface area contributed by atoms with Crippen LogP contribution < -0.4 is 5.73 Å². The largest absolute Gasteiger partial charge is 0.367 e. The molecule has 5 heteroatoms. The van der Waals surface area contributed by atoms with Crippen LogP contribution in [0.25, 0.3) is 0 Å². The topological polar surface area (TPSA) is 74.2 Å². The maximum Gasteiger partial charge on any atom is 0.246 e. The molecule has 0 radical (unpaired) electrons. The van der Waals surface area contributed by atoms with Crippen molar-refractivity contribution in [2.24, 2.45) is 5.73 Å². The van der Waals surface area contributed by atoms with Gasteiger partial charge in [-0.2, -0.15) is 4.98 Å². The number of rotatable bonds is 4. The van der Waals surface area contributed by atoms with Gasteiger partial charge in [0.25, 0.3) is 0 Å². The van der Waals surface area contributed by atoms with Crippen LogP contribution in [0, 0.1) is 0 Å². The molecule has 1 aromatic rings. The molecular weight excluding hydrogens is 254 g/mol. The van der Waals surface area contributed by atoms with Crippen LogP contribution in [0.1, 0.15) is 76.4 Å². The van der Waals surface area contributed by atoms with Gasteiger partial charge in [-0.1, -0.05) is 30.8 Å². The molecule has 0 bridgehead atoms. The first-order valence-electron chi connectivity index (χ1n) is 7.96. The van der Waals surface area contributed by atoms with E-state index in [9.17, 15) is 0 Å². The maximum atomic E-state index is 6.28. The minimum Gasteiger partial charge on any atom is -0.367 e. The fourth-order valence-corrected chi connectivity index (χ4v) is 3.39. The third kappa shape index (κ3) is 2.37. The van der Waals surface area contributed by atoms with Gasteiger partial charge in [0.1, 0.15) is 5.60 Å². The Balaban J connectivity index is 1.87. The molecule has 1 heterocycles. The molecule has 3 rings (SSSR count). The van der Waals surface area contributed by atoms with Crippen molar-refractivity contribution in [2.45, 2.75) is 75.9 Å². The van der Waals surface area contributed by atoms with Gasteiger partial charge < -0.3 is 15.0 Å². The first-order chi connectivity index (χ1) is 9.69. The average Bonchev–Trinajstić information content (AvgIpc) is 2.79. The highest BCUT2D eigenvalue weighted by molar-refractivity contribution is 5.10. The molecule has 20 heavy (non-hydrogen) atoms. The van der Waals surface area contributed by atoms with Crippen LogP contribution in [0.5, 0.6) is 0 Å². The number of ether oxygens (including phenoxy) is 1. The van der Waals surface area contributed by atoms with Crippen LogP contribution in [0.2, 0.25) is 0 Å². The lowest BCUT2D eigenvalue weighted by Gasteiger charge is -2.34. The molecule has 5 nitrogen and oxygen atoms in total. The molecular formula is C15H25N3O2. The number of hydrogen-bond acceptors (Lipinski definition) is 5. The lowest BCUT2D eigenvalue weighted by atomic mass is 9.77. The SMILES string of the molecule is CCOC1(c2noc(C3(N)CCC3)n2)CCCCCC1. The molecule has 1 aromatic heterocycles. The number of aromatic nitrogens is 2. The van der Waals surface area contributed by atoms with E-state index < -0.39 is 0 Å². The van der Waals surface area contributed by atoms with Crippen molar-refractivity contribution in [2.75, 3.05) is 6.61 Å². The van der Waals surface area contributed by atoms with E-state index in [1.54, 1.807) is 0 Å². The van der Waals surface area contributed by atoms with Gasteiger partial charge in [0.05, 0.1) is 5.54 Å². The van der Waals surface area contributed by atoms with Crippen LogP contribution in [-0.4, -0.2) is 16.7 Å². The summed E-state index contributed by atoms with van der Waals surface area (Å²) in [6.45, 7) is 2.71. The van der Waals surface area contributed by atoms with Crippen molar-refractivity contribution in [3.8, 4) is 0 Å².